The fraction of sp³-hybridized carbons (Fsp3) is 0.0714. The summed E-state index contributed by atoms with van der Waals surface area (Å²) in [5.41, 5.74) is 7.41. The third kappa shape index (κ3) is 2.48. The number of nitrogens with one attached hydrogen (secondary N) is 1. The van der Waals surface area contributed by atoms with E-state index < -0.39 is 5.82 Å². The molecule has 0 saturated carbocycles. The van der Waals surface area contributed by atoms with E-state index >= 15 is 0 Å². The first-order valence-corrected chi connectivity index (χ1v) is 5.50. The van der Waals surface area contributed by atoms with Crippen molar-refractivity contribution < 1.29 is 9.18 Å². The summed E-state index contributed by atoms with van der Waals surface area (Å²) in [5, 5.41) is 2.76. The number of anilines is 2. The van der Waals surface area contributed by atoms with Crippen LogP contribution in [0.3, 0.4) is 0 Å². The van der Waals surface area contributed by atoms with Crippen molar-refractivity contribution in [3.63, 3.8) is 0 Å². The predicted molar refractivity (Wildman–Crippen MR) is 69.9 cm³/mol. The third-order valence-electron chi connectivity index (χ3n) is 2.65. The smallest absolute Gasteiger partial charge is 0.255 e. The van der Waals surface area contributed by atoms with E-state index in [9.17, 15) is 9.18 Å². The van der Waals surface area contributed by atoms with Gasteiger partial charge in [-0.3, -0.25) is 4.79 Å². The molecule has 18 heavy (non-hydrogen) atoms. The molecule has 92 valence electrons. The summed E-state index contributed by atoms with van der Waals surface area (Å²) in [6, 6.07) is 11.3. The number of carbonyl (C=O) groups is 1. The van der Waals surface area contributed by atoms with Crippen molar-refractivity contribution in [2.24, 2.45) is 0 Å². The van der Waals surface area contributed by atoms with Crippen LogP contribution in [-0.4, -0.2) is 5.91 Å². The maximum atomic E-state index is 13.0. The van der Waals surface area contributed by atoms with E-state index in [0.717, 1.165) is 11.3 Å². The molecule has 0 heterocycles. The zero-order valence-electron chi connectivity index (χ0n) is 9.91. The molecule has 0 aliphatic rings. The van der Waals surface area contributed by atoms with Crippen LogP contribution in [0, 0.1) is 12.7 Å². The predicted octanol–water partition coefficient (Wildman–Crippen LogP) is 2.97. The standard InChI is InChI=1S/C14H13FN2O/c1-9-4-2-3-5-13(9)17-14(18)10-6-7-11(15)12(16)8-10/h2-8H,16H2,1H3,(H,17,18). The van der Waals surface area contributed by atoms with Crippen molar-refractivity contribution in [3.8, 4) is 0 Å². The quantitative estimate of drug-likeness (QED) is 0.798. The van der Waals surface area contributed by atoms with Gasteiger partial charge in [-0.05, 0) is 36.8 Å². The van der Waals surface area contributed by atoms with Crippen molar-refractivity contribution in [3.05, 3.63) is 59.4 Å². The fourth-order valence-corrected chi connectivity index (χ4v) is 1.59. The number of para-hydroxylation sites is 1. The van der Waals surface area contributed by atoms with Gasteiger partial charge in [-0.25, -0.2) is 4.39 Å². The molecule has 0 aliphatic heterocycles. The minimum absolute atomic E-state index is 0.0348. The van der Waals surface area contributed by atoms with E-state index in [-0.39, 0.29) is 11.6 Å². The molecule has 2 rings (SSSR count). The minimum Gasteiger partial charge on any atom is -0.396 e. The molecular weight excluding hydrogens is 231 g/mol. The Hall–Kier alpha value is -2.36. The van der Waals surface area contributed by atoms with Gasteiger partial charge in [0.15, 0.2) is 0 Å². The molecule has 0 unspecified atom stereocenters. The average Bonchev–Trinajstić information content (AvgIpc) is 2.35. The third-order valence-corrected chi connectivity index (χ3v) is 2.65. The molecule has 3 nitrogen and oxygen atoms in total. The second-order valence-electron chi connectivity index (χ2n) is 4.01. The van der Waals surface area contributed by atoms with Crippen LogP contribution in [0.4, 0.5) is 15.8 Å². The first-order valence-electron chi connectivity index (χ1n) is 5.50. The lowest BCUT2D eigenvalue weighted by molar-refractivity contribution is 0.102. The van der Waals surface area contributed by atoms with Gasteiger partial charge in [-0.1, -0.05) is 18.2 Å². The largest absolute Gasteiger partial charge is 0.396 e. The number of nitrogens with two attached hydrogens (primary N) is 1. The highest BCUT2D eigenvalue weighted by Crippen LogP contribution is 2.17. The molecule has 0 aliphatic carbocycles. The topological polar surface area (TPSA) is 55.1 Å². The van der Waals surface area contributed by atoms with Gasteiger partial charge in [0.05, 0.1) is 5.69 Å². The SMILES string of the molecule is Cc1ccccc1NC(=O)c1ccc(F)c(N)c1. The number of nitrogen functional groups attached to an aromatic ring is 1. The number of benzene rings is 2. The summed E-state index contributed by atoms with van der Waals surface area (Å²) < 4.78 is 13.0. The molecule has 0 radical (unpaired) electrons. The molecule has 1 amide bonds. The summed E-state index contributed by atoms with van der Waals surface area (Å²) in [6.45, 7) is 1.90. The van der Waals surface area contributed by atoms with Crippen molar-refractivity contribution in [2.45, 2.75) is 6.92 Å². The normalized spacial score (nSPS) is 10.1. The summed E-state index contributed by atoms with van der Waals surface area (Å²) >= 11 is 0. The fourth-order valence-electron chi connectivity index (χ4n) is 1.59. The van der Waals surface area contributed by atoms with Gasteiger partial charge in [0, 0.05) is 11.3 Å². The Balaban J connectivity index is 2.22. The first-order chi connectivity index (χ1) is 8.58. The van der Waals surface area contributed by atoms with E-state index in [1.165, 1.54) is 18.2 Å². The molecule has 3 N–H and O–H groups in total. The molecule has 4 heteroatoms. The molecule has 0 atom stereocenters. The molecule has 0 saturated heterocycles. The van der Waals surface area contributed by atoms with Crippen molar-refractivity contribution in [2.75, 3.05) is 11.1 Å². The maximum Gasteiger partial charge on any atom is 0.255 e. The lowest BCUT2D eigenvalue weighted by Gasteiger charge is -2.08. The van der Waals surface area contributed by atoms with E-state index in [1.54, 1.807) is 6.07 Å². The Morgan fingerprint density at radius 1 is 1.22 bits per heavy atom. The van der Waals surface area contributed by atoms with Gasteiger partial charge in [-0.15, -0.1) is 0 Å². The molecule has 2 aromatic carbocycles. The number of aryl methyl sites for hydroxylation is 1. The summed E-state index contributed by atoms with van der Waals surface area (Å²) in [7, 11) is 0. The van der Waals surface area contributed by atoms with Crippen LogP contribution in [-0.2, 0) is 0 Å². The average molecular weight is 244 g/mol. The van der Waals surface area contributed by atoms with Crippen LogP contribution >= 0.6 is 0 Å². The second kappa shape index (κ2) is 4.87. The minimum atomic E-state index is -0.526. The van der Waals surface area contributed by atoms with Crippen molar-refractivity contribution >= 4 is 17.3 Å². The number of rotatable bonds is 2. The van der Waals surface area contributed by atoms with Crippen molar-refractivity contribution in [1.29, 1.82) is 0 Å². The van der Waals surface area contributed by atoms with Gasteiger partial charge in [-0.2, -0.15) is 0 Å². The van der Waals surface area contributed by atoms with E-state index in [4.69, 9.17) is 5.73 Å². The van der Waals surface area contributed by atoms with E-state index in [2.05, 4.69) is 5.32 Å². The molecule has 2 aromatic rings. The second-order valence-corrected chi connectivity index (χ2v) is 4.01. The molecule has 0 bridgehead atoms. The first kappa shape index (κ1) is 12.1. The highest BCUT2D eigenvalue weighted by atomic mass is 19.1. The number of hydrogen-bond acceptors (Lipinski definition) is 2. The molecular formula is C14H13FN2O. The van der Waals surface area contributed by atoms with Crippen LogP contribution in [0.2, 0.25) is 0 Å². The van der Waals surface area contributed by atoms with Gasteiger partial charge < -0.3 is 11.1 Å². The van der Waals surface area contributed by atoms with E-state index in [0.29, 0.717) is 5.56 Å². The highest BCUT2D eigenvalue weighted by Gasteiger charge is 2.09. The van der Waals surface area contributed by atoms with Gasteiger partial charge in [0.1, 0.15) is 5.82 Å². The number of hydrogen-bond donors (Lipinski definition) is 2. The van der Waals surface area contributed by atoms with Crippen LogP contribution in [0.15, 0.2) is 42.5 Å². The Bertz CT molecular complexity index is 596. The van der Waals surface area contributed by atoms with Crippen LogP contribution in [0.5, 0.6) is 0 Å². The number of carbonyl (C=O) groups excluding carboxylic acids is 1. The van der Waals surface area contributed by atoms with E-state index in [1.807, 2.05) is 25.1 Å². The highest BCUT2D eigenvalue weighted by molar-refractivity contribution is 6.05. The summed E-state index contributed by atoms with van der Waals surface area (Å²) in [4.78, 5) is 11.9. The molecule has 0 fully saturated rings. The number of amides is 1. The zero-order chi connectivity index (χ0) is 13.1. The van der Waals surface area contributed by atoms with Crippen molar-refractivity contribution in [1.82, 2.24) is 0 Å². The summed E-state index contributed by atoms with van der Waals surface area (Å²) in [6.07, 6.45) is 0. The Labute approximate surface area is 104 Å². The lowest BCUT2D eigenvalue weighted by Crippen LogP contribution is -2.13. The van der Waals surface area contributed by atoms with Crippen LogP contribution < -0.4 is 11.1 Å². The number of halogens is 1. The monoisotopic (exact) mass is 244 g/mol. The van der Waals surface area contributed by atoms with Crippen LogP contribution in [0.1, 0.15) is 15.9 Å². The molecule has 0 aromatic heterocycles. The van der Waals surface area contributed by atoms with Gasteiger partial charge in [0.2, 0.25) is 0 Å². The van der Waals surface area contributed by atoms with Gasteiger partial charge >= 0.3 is 0 Å². The maximum absolute atomic E-state index is 13.0. The molecule has 0 spiro atoms. The van der Waals surface area contributed by atoms with Gasteiger partial charge in [0.25, 0.3) is 5.91 Å². The zero-order valence-corrected chi connectivity index (χ0v) is 9.91. The lowest BCUT2D eigenvalue weighted by atomic mass is 10.1. The Morgan fingerprint density at radius 3 is 2.61 bits per heavy atom. The summed E-state index contributed by atoms with van der Waals surface area (Å²) in [5.74, 6) is -0.835. The Kier molecular flexibility index (Phi) is 3.28. The van der Waals surface area contributed by atoms with Crippen LogP contribution in [0.25, 0.3) is 0 Å². The Morgan fingerprint density at radius 2 is 1.94 bits per heavy atom.